The number of thiocarbonyl (C=S) groups is 1. The van der Waals surface area contributed by atoms with Crippen LogP contribution in [0.25, 0.3) is 0 Å². The van der Waals surface area contributed by atoms with Gasteiger partial charge >= 0.3 is 0 Å². The highest BCUT2D eigenvalue weighted by Crippen LogP contribution is 2.34. The molecule has 0 atom stereocenters. The topological polar surface area (TPSA) is 83.6 Å². The molecule has 3 N–H and O–H groups in total. The number of benzene rings is 1. The lowest BCUT2D eigenvalue weighted by Gasteiger charge is -2.21. The van der Waals surface area contributed by atoms with Crippen LogP contribution < -0.4 is 5.73 Å². The van der Waals surface area contributed by atoms with Crippen molar-refractivity contribution in [2.75, 3.05) is 13.2 Å². The smallest absolute Gasteiger partial charge is 0.244 e. The molecule has 1 aromatic rings. The molecule has 0 radical (unpaired) electrons. The van der Waals surface area contributed by atoms with E-state index in [1.54, 1.807) is 0 Å². The summed E-state index contributed by atoms with van der Waals surface area (Å²) in [5, 5.41) is 9.12. The largest absolute Gasteiger partial charge is 0.395 e. The number of rotatable bonds is 6. The third-order valence-corrected chi connectivity index (χ3v) is 5.75. The third-order valence-electron chi connectivity index (χ3n) is 3.08. The Balaban J connectivity index is 2.40. The van der Waals surface area contributed by atoms with Crippen LogP contribution in [0.1, 0.15) is 18.4 Å². The Bertz CT molecular complexity index is 630. The average Bonchev–Trinajstić information content (AvgIpc) is 3.19. The molecule has 8 heteroatoms. The summed E-state index contributed by atoms with van der Waals surface area (Å²) in [5.41, 5.74) is 6.01. The molecule has 1 saturated carbocycles. The minimum absolute atomic E-state index is 0.0134. The molecule has 0 unspecified atom stereocenters. The van der Waals surface area contributed by atoms with E-state index in [-0.39, 0.29) is 34.1 Å². The van der Waals surface area contributed by atoms with Gasteiger partial charge in [-0.1, -0.05) is 29.9 Å². The highest BCUT2D eigenvalue weighted by Gasteiger charge is 2.38. The van der Waals surface area contributed by atoms with Crippen molar-refractivity contribution >= 4 is 38.8 Å². The van der Waals surface area contributed by atoms with Gasteiger partial charge in [0.05, 0.1) is 11.6 Å². The molecule has 0 spiro atoms. The summed E-state index contributed by atoms with van der Waals surface area (Å²) in [6, 6.07) is 4.34. The van der Waals surface area contributed by atoms with Crippen LogP contribution in [0, 0.1) is 0 Å². The van der Waals surface area contributed by atoms with Gasteiger partial charge in [0.1, 0.15) is 9.88 Å². The van der Waals surface area contributed by atoms with Crippen molar-refractivity contribution in [2.45, 2.75) is 23.8 Å². The number of nitrogens with two attached hydrogens (primary N) is 1. The Kier molecular flexibility index (Phi) is 4.66. The lowest BCUT2D eigenvalue weighted by atomic mass is 10.2. The molecular formula is C12H15ClN2O3S2. The van der Waals surface area contributed by atoms with E-state index in [4.69, 9.17) is 34.7 Å². The van der Waals surface area contributed by atoms with E-state index in [0.717, 1.165) is 12.8 Å². The second-order valence-corrected chi connectivity index (χ2v) is 7.29. The first-order valence-corrected chi connectivity index (χ1v) is 8.32. The van der Waals surface area contributed by atoms with E-state index in [0.29, 0.717) is 5.56 Å². The molecule has 2 rings (SSSR count). The summed E-state index contributed by atoms with van der Waals surface area (Å²) in [4.78, 5) is 0.171. The van der Waals surface area contributed by atoms with E-state index >= 15 is 0 Å². The predicted octanol–water partition coefficient (Wildman–Crippen LogP) is 1.12. The van der Waals surface area contributed by atoms with Crippen LogP contribution in [-0.4, -0.2) is 42.0 Å². The number of halogens is 1. The first kappa shape index (κ1) is 15.7. The number of hydrogen-bond acceptors (Lipinski definition) is 4. The quantitative estimate of drug-likeness (QED) is 0.762. The predicted molar refractivity (Wildman–Crippen MR) is 81.3 cm³/mol. The second kappa shape index (κ2) is 5.95. The molecule has 1 aliphatic carbocycles. The van der Waals surface area contributed by atoms with Gasteiger partial charge in [-0.05, 0) is 25.0 Å². The lowest BCUT2D eigenvalue weighted by Crippen LogP contribution is -2.35. The summed E-state index contributed by atoms with van der Waals surface area (Å²) < 4.78 is 26.4. The third kappa shape index (κ3) is 3.12. The standard InChI is InChI=1S/C12H15ClN2O3S2/c13-10-7-8(12(14)19)1-4-11(10)20(17,18)15(5-6-16)9-2-3-9/h1,4,7,9,16H,2-3,5-6H2,(H2,14,19). The van der Waals surface area contributed by atoms with E-state index < -0.39 is 10.0 Å². The zero-order valence-electron chi connectivity index (χ0n) is 10.6. The molecule has 0 heterocycles. The number of aliphatic hydroxyl groups excluding tert-OH is 1. The first-order valence-electron chi connectivity index (χ1n) is 6.10. The van der Waals surface area contributed by atoms with E-state index in [9.17, 15) is 8.42 Å². The van der Waals surface area contributed by atoms with Gasteiger partial charge in [0.15, 0.2) is 0 Å². The first-order chi connectivity index (χ1) is 9.37. The molecule has 0 aromatic heterocycles. The zero-order chi connectivity index (χ0) is 14.9. The maximum absolute atomic E-state index is 12.6. The van der Waals surface area contributed by atoms with Gasteiger partial charge in [0, 0.05) is 18.2 Å². The highest BCUT2D eigenvalue weighted by molar-refractivity contribution is 7.89. The van der Waals surface area contributed by atoms with Crippen molar-refractivity contribution < 1.29 is 13.5 Å². The Labute approximate surface area is 128 Å². The van der Waals surface area contributed by atoms with Crippen LogP contribution in [0.2, 0.25) is 5.02 Å². The minimum atomic E-state index is -3.72. The maximum atomic E-state index is 12.6. The Morgan fingerprint density at radius 3 is 2.60 bits per heavy atom. The molecule has 0 aliphatic heterocycles. The maximum Gasteiger partial charge on any atom is 0.244 e. The Hall–Kier alpha value is -0.730. The fourth-order valence-corrected chi connectivity index (χ4v) is 4.27. The molecule has 5 nitrogen and oxygen atoms in total. The Morgan fingerprint density at radius 2 is 2.15 bits per heavy atom. The normalized spacial score (nSPS) is 15.6. The fourth-order valence-electron chi connectivity index (χ4n) is 1.95. The summed E-state index contributed by atoms with van der Waals surface area (Å²) in [7, 11) is -3.72. The van der Waals surface area contributed by atoms with E-state index in [1.165, 1.54) is 22.5 Å². The molecule has 1 fully saturated rings. The average molecular weight is 335 g/mol. The van der Waals surface area contributed by atoms with E-state index in [1.807, 2.05) is 0 Å². The van der Waals surface area contributed by atoms with Gasteiger partial charge in [-0.2, -0.15) is 4.31 Å². The summed E-state index contributed by atoms with van der Waals surface area (Å²) in [5.74, 6) is 0. The fraction of sp³-hybridized carbons (Fsp3) is 0.417. The highest BCUT2D eigenvalue weighted by atomic mass is 35.5. The van der Waals surface area contributed by atoms with Crippen LogP contribution in [0.4, 0.5) is 0 Å². The van der Waals surface area contributed by atoms with Gasteiger partial charge < -0.3 is 10.8 Å². The van der Waals surface area contributed by atoms with Gasteiger partial charge in [0.2, 0.25) is 10.0 Å². The SMILES string of the molecule is NC(=S)c1ccc(S(=O)(=O)N(CCO)C2CC2)c(Cl)c1. The van der Waals surface area contributed by atoms with Crippen molar-refractivity contribution in [1.29, 1.82) is 0 Å². The molecule has 110 valence electrons. The van der Waals surface area contributed by atoms with Crippen LogP contribution in [0.3, 0.4) is 0 Å². The van der Waals surface area contributed by atoms with Crippen molar-refractivity contribution in [2.24, 2.45) is 5.73 Å². The van der Waals surface area contributed by atoms with Gasteiger partial charge in [-0.3, -0.25) is 0 Å². The van der Waals surface area contributed by atoms with Crippen LogP contribution in [0.5, 0.6) is 0 Å². The number of hydrogen-bond donors (Lipinski definition) is 2. The van der Waals surface area contributed by atoms with Crippen LogP contribution in [0.15, 0.2) is 23.1 Å². The summed E-state index contributed by atoms with van der Waals surface area (Å²) in [6.45, 7) is -0.154. The summed E-state index contributed by atoms with van der Waals surface area (Å²) in [6.07, 6.45) is 1.61. The van der Waals surface area contributed by atoms with Gasteiger partial charge in [0.25, 0.3) is 0 Å². The van der Waals surface area contributed by atoms with Crippen molar-refractivity contribution in [1.82, 2.24) is 4.31 Å². The molecule has 0 amide bonds. The van der Waals surface area contributed by atoms with Crippen molar-refractivity contribution in [3.63, 3.8) is 0 Å². The van der Waals surface area contributed by atoms with Crippen molar-refractivity contribution in [3.05, 3.63) is 28.8 Å². The van der Waals surface area contributed by atoms with Crippen molar-refractivity contribution in [3.8, 4) is 0 Å². The van der Waals surface area contributed by atoms with E-state index in [2.05, 4.69) is 0 Å². The monoisotopic (exact) mass is 334 g/mol. The molecule has 20 heavy (non-hydrogen) atoms. The number of sulfonamides is 1. The summed E-state index contributed by atoms with van der Waals surface area (Å²) >= 11 is 10.9. The van der Waals surface area contributed by atoms with Gasteiger partial charge in [-0.25, -0.2) is 8.42 Å². The lowest BCUT2D eigenvalue weighted by molar-refractivity contribution is 0.250. The van der Waals surface area contributed by atoms with Crippen LogP contribution in [-0.2, 0) is 10.0 Å². The molecular weight excluding hydrogens is 320 g/mol. The molecule has 1 aliphatic rings. The minimum Gasteiger partial charge on any atom is -0.395 e. The number of aliphatic hydroxyl groups is 1. The zero-order valence-corrected chi connectivity index (χ0v) is 13.0. The molecule has 0 saturated heterocycles. The van der Waals surface area contributed by atoms with Gasteiger partial charge in [-0.15, -0.1) is 0 Å². The van der Waals surface area contributed by atoms with Crippen LogP contribution >= 0.6 is 23.8 Å². The number of nitrogens with zero attached hydrogens (tertiary/aromatic N) is 1. The Morgan fingerprint density at radius 1 is 1.50 bits per heavy atom. The molecule has 1 aromatic carbocycles. The second-order valence-electron chi connectivity index (χ2n) is 4.58. The molecule has 0 bridgehead atoms.